The van der Waals surface area contributed by atoms with Gasteiger partial charge in [0.25, 0.3) is 0 Å². The van der Waals surface area contributed by atoms with Crippen LogP contribution in [0.2, 0.25) is 5.02 Å². The molecule has 2 N–H and O–H groups in total. The Hall–Kier alpha value is -1.81. The molecule has 2 aromatic rings. The lowest BCUT2D eigenvalue weighted by atomic mass is 10.2. The monoisotopic (exact) mass is 502 g/mol. The fourth-order valence-corrected chi connectivity index (χ4v) is 3.13. The van der Waals surface area contributed by atoms with E-state index >= 15 is 0 Å². The lowest BCUT2D eigenvalue weighted by molar-refractivity contribution is 0.397. The average Bonchev–Trinajstić information content (AvgIpc) is 3.14. The van der Waals surface area contributed by atoms with Gasteiger partial charge in [-0.25, -0.2) is 9.97 Å². The standard InChI is InChI=1S/C18H23ClN6O.HI/c1-20-18(23-11-13-5-6-16(26-2)22-10-13)24-14-7-9-25(12-14)17-15(19)4-3-8-21-17;/h3-6,8,10,14H,7,9,11-12H2,1-2H3,(H2,20,23,24);1H. The van der Waals surface area contributed by atoms with Crippen molar-refractivity contribution in [3.05, 3.63) is 47.2 Å². The van der Waals surface area contributed by atoms with Crippen LogP contribution in [0.15, 0.2) is 41.7 Å². The molecule has 9 heteroatoms. The molecular weight excluding hydrogens is 479 g/mol. The van der Waals surface area contributed by atoms with Crippen molar-refractivity contribution >= 4 is 47.4 Å². The highest BCUT2D eigenvalue weighted by Gasteiger charge is 2.25. The molecular formula is C18H24ClIN6O. The van der Waals surface area contributed by atoms with Gasteiger partial charge in [0.1, 0.15) is 5.82 Å². The molecule has 27 heavy (non-hydrogen) atoms. The molecule has 1 atom stereocenters. The van der Waals surface area contributed by atoms with Crippen LogP contribution in [-0.4, -0.2) is 49.2 Å². The third-order valence-corrected chi connectivity index (χ3v) is 4.55. The zero-order chi connectivity index (χ0) is 18.4. The third-order valence-electron chi connectivity index (χ3n) is 4.26. The number of halogens is 2. The maximum Gasteiger partial charge on any atom is 0.212 e. The molecule has 1 fully saturated rings. The van der Waals surface area contributed by atoms with Crippen molar-refractivity contribution in [3.63, 3.8) is 0 Å². The lowest BCUT2D eigenvalue weighted by Crippen LogP contribution is -2.44. The minimum absolute atomic E-state index is 0. The molecule has 1 aliphatic rings. The van der Waals surface area contributed by atoms with Gasteiger partial charge in [-0.15, -0.1) is 24.0 Å². The number of pyridine rings is 2. The maximum atomic E-state index is 6.25. The van der Waals surface area contributed by atoms with Gasteiger partial charge in [-0.3, -0.25) is 4.99 Å². The summed E-state index contributed by atoms with van der Waals surface area (Å²) in [5, 5.41) is 7.46. The Morgan fingerprint density at radius 2 is 2.22 bits per heavy atom. The zero-order valence-electron chi connectivity index (χ0n) is 15.4. The predicted octanol–water partition coefficient (Wildman–Crippen LogP) is 2.70. The Kier molecular flexibility index (Phi) is 8.36. The number of anilines is 1. The van der Waals surface area contributed by atoms with E-state index in [-0.39, 0.29) is 30.0 Å². The number of hydrogen-bond acceptors (Lipinski definition) is 5. The van der Waals surface area contributed by atoms with Crippen molar-refractivity contribution in [1.82, 2.24) is 20.6 Å². The highest BCUT2D eigenvalue weighted by molar-refractivity contribution is 14.0. The van der Waals surface area contributed by atoms with Gasteiger partial charge in [-0.2, -0.15) is 0 Å². The van der Waals surface area contributed by atoms with Crippen LogP contribution >= 0.6 is 35.6 Å². The van der Waals surface area contributed by atoms with Gasteiger partial charge in [0.15, 0.2) is 5.96 Å². The zero-order valence-corrected chi connectivity index (χ0v) is 18.4. The van der Waals surface area contributed by atoms with E-state index in [0.29, 0.717) is 17.4 Å². The number of ether oxygens (including phenoxy) is 1. The third kappa shape index (κ3) is 5.83. The number of hydrogen-bond donors (Lipinski definition) is 2. The molecule has 146 valence electrons. The molecule has 3 heterocycles. The van der Waals surface area contributed by atoms with Crippen molar-refractivity contribution in [2.75, 3.05) is 32.1 Å². The number of rotatable bonds is 5. The summed E-state index contributed by atoms with van der Waals surface area (Å²) in [6, 6.07) is 7.82. The predicted molar refractivity (Wildman–Crippen MR) is 119 cm³/mol. The number of aromatic nitrogens is 2. The first-order valence-electron chi connectivity index (χ1n) is 8.51. The van der Waals surface area contributed by atoms with Gasteiger partial charge in [0, 0.05) is 51.2 Å². The molecule has 2 aromatic heterocycles. The molecule has 0 bridgehead atoms. The van der Waals surface area contributed by atoms with Crippen molar-refractivity contribution in [2.45, 2.75) is 19.0 Å². The van der Waals surface area contributed by atoms with Gasteiger partial charge < -0.3 is 20.3 Å². The fraction of sp³-hybridized carbons (Fsp3) is 0.389. The number of nitrogens with zero attached hydrogens (tertiary/aromatic N) is 4. The van der Waals surface area contributed by atoms with E-state index in [1.54, 1.807) is 26.6 Å². The number of methoxy groups -OCH3 is 1. The van der Waals surface area contributed by atoms with E-state index in [1.807, 2.05) is 24.3 Å². The Morgan fingerprint density at radius 1 is 1.37 bits per heavy atom. The molecule has 1 aliphatic heterocycles. The van der Waals surface area contributed by atoms with Gasteiger partial charge in [-0.05, 0) is 24.1 Å². The first-order valence-corrected chi connectivity index (χ1v) is 8.89. The summed E-state index contributed by atoms with van der Waals surface area (Å²) in [7, 11) is 3.37. The molecule has 1 saturated heterocycles. The summed E-state index contributed by atoms with van der Waals surface area (Å²) in [5.41, 5.74) is 1.06. The van der Waals surface area contributed by atoms with Crippen LogP contribution in [0, 0.1) is 0 Å². The van der Waals surface area contributed by atoms with Crippen molar-refractivity contribution in [2.24, 2.45) is 4.99 Å². The van der Waals surface area contributed by atoms with E-state index in [9.17, 15) is 0 Å². The SMILES string of the molecule is CN=C(NCc1ccc(OC)nc1)NC1CCN(c2ncccc2Cl)C1.I. The van der Waals surface area contributed by atoms with E-state index in [4.69, 9.17) is 16.3 Å². The Morgan fingerprint density at radius 3 is 2.89 bits per heavy atom. The molecule has 0 spiro atoms. The van der Waals surface area contributed by atoms with Gasteiger partial charge in [0.05, 0.1) is 12.1 Å². The molecule has 0 amide bonds. The topological polar surface area (TPSA) is 74.7 Å². The molecule has 3 rings (SSSR count). The van der Waals surface area contributed by atoms with Crippen LogP contribution in [-0.2, 0) is 6.54 Å². The highest BCUT2D eigenvalue weighted by Crippen LogP contribution is 2.25. The largest absolute Gasteiger partial charge is 0.481 e. The van der Waals surface area contributed by atoms with E-state index in [0.717, 1.165) is 36.9 Å². The second-order valence-corrected chi connectivity index (χ2v) is 6.43. The molecule has 0 aliphatic carbocycles. The van der Waals surface area contributed by atoms with Crippen LogP contribution in [0.25, 0.3) is 0 Å². The Bertz CT molecular complexity index is 758. The van der Waals surface area contributed by atoms with E-state index in [2.05, 4.69) is 30.5 Å². The first-order chi connectivity index (χ1) is 12.7. The van der Waals surface area contributed by atoms with Crippen LogP contribution in [0.3, 0.4) is 0 Å². The van der Waals surface area contributed by atoms with Gasteiger partial charge in [0.2, 0.25) is 5.88 Å². The number of nitrogens with one attached hydrogen (secondary N) is 2. The van der Waals surface area contributed by atoms with Crippen LogP contribution in [0.1, 0.15) is 12.0 Å². The van der Waals surface area contributed by atoms with Crippen LogP contribution < -0.4 is 20.3 Å². The smallest absolute Gasteiger partial charge is 0.212 e. The molecule has 0 aromatic carbocycles. The summed E-state index contributed by atoms with van der Waals surface area (Å²) >= 11 is 6.25. The summed E-state index contributed by atoms with van der Waals surface area (Å²) in [6.07, 6.45) is 4.56. The minimum atomic E-state index is 0. The molecule has 7 nitrogen and oxygen atoms in total. The summed E-state index contributed by atoms with van der Waals surface area (Å²) in [5.74, 6) is 2.21. The Labute approximate surface area is 181 Å². The normalized spacial score (nSPS) is 16.6. The number of aliphatic imine (C=N–C) groups is 1. The molecule has 0 radical (unpaired) electrons. The van der Waals surface area contributed by atoms with Crippen molar-refractivity contribution in [1.29, 1.82) is 0 Å². The second kappa shape index (κ2) is 10.5. The summed E-state index contributed by atoms with van der Waals surface area (Å²) in [4.78, 5) is 15.1. The molecule has 0 saturated carbocycles. The van der Waals surface area contributed by atoms with Crippen molar-refractivity contribution in [3.8, 4) is 5.88 Å². The fourth-order valence-electron chi connectivity index (χ4n) is 2.89. The average molecular weight is 503 g/mol. The minimum Gasteiger partial charge on any atom is -0.481 e. The molecule has 1 unspecified atom stereocenters. The maximum absolute atomic E-state index is 6.25. The summed E-state index contributed by atoms with van der Waals surface area (Å²) in [6.45, 7) is 2.38. The summed E-state index contributed by atoms with van der Waals surface area (Å²) < 4.78 is 5.07. The van der Waals surface area contributed by atoms with E-state index in [1.165, 1.54) is 0 Å². The van der Waals surface area contributed by atoms with Crippen LogP contribution in [0.5, 0.6) is 5.88 Å². The highest BCUT2D eigenvalue weighted by atomic mass is 127. The van der Waals surface area contributed by atoms with Gasteiger partial charge in [-0.1, -0.05) is 17.7 Å². The Balaban J connectivity index is 0.00000261. The quantitative estimate of drug-likeness (QED) is 0.372. The van der Waals surface area contributed by atoms with E-state index < -0.39 is 0 Å². The second-order valence-electron chi connectivity index (χ2n) is 6.02. The van der Waals surface area contributed by atoms with Crippen molar-refractivity contribution < 1.29 is 4.74 Å². The lowest BCUT2D eigenvalue weighted by Gasteiger charge is -2.20. The first kappa shape index (κ1) is 21.5. The van der Waals surface area contributed by atoms with Gasteiger partial charge >= 0.3 is 0 Å². The number of guanidine groups is 1. The van der Waals surface area contributed by atoms with Crippen LogP contribution in [0.4, 0.5) is 5.82 Å².